The summed E-state index contributed by atoms with van der Waals surface area (Å²) >= 11 is 0. The van der Waals surface area contributed by atoms with E-state index in [-0.39, 0.29) is 0 Å². The first-order chi connectivity index (χ1) is 31.3. The summed E-state index contributed by atoms with van der Waals surface area (Å²) in [7, 11) is 0. The summed E-state index contributed by atoms with van der Waals surface area (Å²) < 4.78 is 13.4. The quantitative estimate of drug-likeness (QED) is 0.178. The van der Waals surface area contributed by atoms with Crippen molar-refractivity contribution in [2.45, 2.75) is 10.8 Å². The van der Waals surface area contributed by atoms with Crippen molar-refractivity contribution in [2.75, 3.05) is 4.90 Å². The van der Waals surface area contributed by atoms with Crippen LogP contribution in [0.2, 0.25) is 0 Å². The van der Waals surface area contributed by atoms with Gasteiger partial charge >= 0.3 is 0 Å². The highest BCUT2D eigenvalue weighted by Gasteiger charge is 2.53. The zero-order valence-corrected chi connectivity index (χ0v) is 34.1. The number of benzene rings is 10. The number of hydrogen-bond donors (Lipinski definition) is 0. The van der Waals surface area contributed by atoms with E-state index >= 15 is 0 Å². The molecule has 10 aromatic rings. The van der Waals surface area contributed by atoms with Gasteiger partial charge in [0.1, 0.15) is 23.0 Å². The van der Waals surface area contributed by atoms with Crippen molar-refractivity contribution >= 4 is 27.8 Å². The predicted octanol–water partition coefficient (Wildman–Crippen LogP) is 15.2. The van der Waals surface area contributed by atoms with Crippen molar-refractivity contribution in [3.8, 4) is 45.3 Å². The number of hydrogen-bond acceptors (Lipinski definition) is 3. The highest BCUT2D eigenvalue weighted by atomic mass is 16.5. The third kappa shape index (κ3) is 4.38. The SMILES string of the molecule is c1ccc2c(c1)Oc1ccccc1C21c2ccccc2-c2ccc(N(c3cccc4c3-c3ccccc3C43c4ccccc4Oc4ccccc43)c3cccc4ccccc34)cc21. The summed E-state index contributed by atoms with van der Waals surface area (Å²) in [4.78, 5) is 2.53. The molecule has 14 rings (SSSR count). The molecule has 2 aliphatic heterocycles. The number of nitrogens with zero attached hydrogens (tertiary/aromatic N) is 1. The summed E-state index contributed by atoms with van der Waals surface area (Å²) in [5.41, 5.74) is 16.6. The molecule has 0 fully saturated rings. The smallest absolute Gasteiger partial charge is 0.132 e. The Morgan fingerprint density at radius 2 is 0.730 bits per heavy atom. The first-order valence-corrected chi connectivity index (χ1v) is 21.8. The first kappa shape index (κ1) is 34.6. The Bertz CT molecular complexity index is 3470. The monoisotopic (exact) mass is 803 g/mol. The lowest BCUT2D eigenvalue weighted by Crippen LogP contribution is -2.32. The molecule has 0 amide bonds. The molecule has 0 saturated carbocycles. The average molecular weight is 804 g/mol. The molecule has 2 spiro atoms. The maximum atomic E-state index is 6.73. The molecule has 0 bridgehead atoms. The van der Waals surface area contributed by atoms with E-state index in [1.165, 1.54) is 55.3 Å². The Morgan fingerprint density at radius 1 is 0.302 bits per heavy atom. The number of rotatable bonds is 3. The van der Waals surface area contributed by atoms with Crippen LogP contribution in [-0.4, -0.2) is 0 Å². The Labute approximate surface area is 365 Å². The summed E-state index contributed by atoms with van der Waals surface area (Å²) in [6.45, 7) is 0. The van der Waals surface area contributed by atoms with Crippen molar-refractivity contribution in [1.82, 2.24) is 0 Å². The normalized spacial score (nSPS) is 14.5. The van der Waals surface area contributed by atoms with Gasteiger partial charge in [-0.25, -0.2) is 0 Å². The zero-order chi connectivity index (χ0) is 41.3. The Balaban J connectivity index is 1.10. The molecule has 0 aromatic heterocycles. The molecule has 0 atom stereocenters. The van der Waals surface area contributed by atoms with Crippen LogP contribution in [0.4, 0.5) is 17.1 Å². The zero-order valence-electron chi connectivity index (χ0n) is 34.1. The first-order valence-electron chi connectivity index (χ1n) is 21.8. The lowest BCUT2D eigenvalue weighted by Gasteiger charge is -2.40. The maximum absolute atomic E-state index is 6.73. The van der Waals surface area contributed by atoms with Gasteiger partial charge in [-0.05, 0) is 92.9 Å². The Hall–Kier alpha value is -8.14. The molecular formula is C60H37NO2. The molecule has 3 heteroatoms. The molecule has 2 heterocycles. The minimum atomic E-state index is -0.609. The lowest BCUT2D eigenvalue weighted by molar-refractivity contribution is 0.436. The van der Waals surface area contributed by atoms with Gasteiger partial charge in [-0.3, -0.25) is 0 Å². The van der Waals surface area contributed by atoms with Gasteiger partial charge in [-0.15, -0.1) is 0 Å². The van der Waals surface area contributed by atoms with E-state index in [0.717, 1.165) is 62.3 Å². The second kappa shape index (κ2) is 12.7. The maximum Gasteiger partial charge on any atom is 0.132 e. The molecule has 63 heavy (non-hydrogen) atoms. The minimum absolute atomic E-state index is 0.600. The molecule has 10 aromatic carbocycles. The molecule has 0 saturated heterocycles. The number of fused-ring (bicyclic) bond motifs is 19. The molecule has 0 unspecified atom stereocenters. The van der Waals surface area contributed by atoms with Crippen LogP contribution in [0.15, 0.2) is 224 Å². The minimum Gasteiger partial charge on any atom is -0.457 e. The second-order valence-electron chi connectivity index (χ2n) is 17.0. The molecule has 0 radical (unpaired) electrons. The van der Waals surface area contributed by atoms with Crippen LogP contribution in [0.3, 0.4) is 0 Å². The number of para-hydroxylation sites is 4. The fourth-order valence-corrected chi connectivity index (χ4v) is 11.9. The van der Waals surface area contributed by atoms with Gasteiger partial charge in [-0.2, -0.15) is 0 Å². The molecular weight excluding hydrogens is 767 g/mol. The van der Waals surface area contributed by atoms with Crippen molar-refractivity contribution < 1.29 is 9.47 Å². The molecule has 2 aliphatic carbocycles. The fraction of sp³-hybridized carbons (Fsp3) is 0.0333. The van der Waals surface area contributed by atoms with Gasteiger partial charge in [0.15, 0.2) is 0 Å². The van der Waals surface area contributed by atoms with Crippen LogP contribution < -0.4 is 14.4 Å². The van der Waals surface area contributed by atoms with Crippen LogP contribution in [0.5, 0.6) is 23.0 Å². The average Bonchev–Trinajstić information content (AvgIpc) is 3.80. The van der Waals surface area contributed by atoms with Crippen molar-refractivity contribution in [3.63, 3.8) is 0 Å². The highest BCUT2D eigenvalue weighted by Crippen LogP contribution is 2.66. The van der Waals surface area contributed by atoms with Crippen LogP contribution >= 0.6 is 0 Å². The Morgan fingerprint density at radius 3 is 1.37 bits per heavy atom. The third-order valence-electron chi connectivity index (χ3n) is 14.2. The van der Waals surface area contributed by atoms with Gasteiger partial charge in [-0.1, -0.05) is 176 Å². The standard InChI is InChI=1S/C60H37NO2/c1-2-19-40-38(17-1)18-15-29-52(40)61(39-35-36-42-41-20-3-5-22-44(41)60(51(42)37-39)48-26-9-13-33-56(48)63-57-34-14-10-27-49(57)60)53-30-16-28-50-58(53)43-21-4-6-23-45(43)59(50)46-24-7-11-31-54(46)62-55-32-12-8-25-47(55)59/h1-37H. The van der Waals surface area contributed by atoms with Crippen LogP contribution in [0.1, 0.15) is 44.5 Å². The van der Waals surface area contributed by atoms with E-state index in [4.69, 9.17) is 9.47 Å². The van der Waals surface area contributed by atoms with Crippen LogP contribution in [0.25, 0.3) is 33.0 Å². The van der Waals surface area contributed by atoms with Gasteiger partial charge in [0, 0.05) is 38.9 Å². The second-order valence-corrected chi connectivity index (χ2v) is 17.0. The molecule has 3 nitrogen and oxygen atoms in total. The fourth-order valence-electron chi connectivity index (χ4n) is 11.9. The highest BCUT2D eigenvalue weighted by molar-refractivity contribution is 6.04. The summed E-state index contributed by atoms with van der Waals surface area (Å²) in [5.74, 6) is 3.54. The van der Waals surface area contributed by atoms with Crippen molar-refractivity contribution in [1.29, 1.82) is 0 Å². The van der Waals surface area contributed by atoms with Gasteiger partial charge in [0.2, 0.25) is 0 Å². The van der Waals surface area contributed by atoms with E-state index in [1.54, 1.807) is 0 Å². The van der Waals surface area contributed by atoms with E-state index in [9.17, 15) is 0 Å². The van der Waals surface area contributed by atoms with E-state index in [1.807, 2.05) is 0 Å². The molecule has 294 valence electrons. The summed E-state index contributed by atoms with van der Waals surface area (Å²) in [5, 5.41) is 2.37. The van der Waals surface area contributed by atoms with Crippen LogP contribution in [-0.2, 0) is 10.8 Å². The van der Waals surface area contributed by atoms with Crippen molar-refractivity contribution in [2.24, 2.45) is 0 Å². The lowest BCUT2D eigenvalue weighted by atomic mass is 9.66. The summed E-state index contributed by atoms with van der Waals surface area (Å²) in [6, 6.07) is 82.0. The van der Waals surface area contributed by atoms with Gasteiger partial charge in [0.05, 0.1) is 22.2 Å². The predicted molar refractivity (Wildman–Crippen MR) is 253 cm³/mol. The molecule has 0 N–H and O–H groups in total. The van der Waals surface area contributed by atoms with E-state index < -0.39 is 10.8 Å². The van der Waals surface area contributed by atoms with E-state index in [2.05, 4.69) is 229 Å². The number of ether oxygens (including phenoxy) is 2. The largest absolute Gasteiger partial charge is 0.457 e. The van der Waals surface area contributed by atoms with Gasteiger partial charge < -0.3 is 14.4 Å². The topological polar surface area (TPSA) is 21.7 Å². The molecule has 4 aliphatic rings. The van der Waals surface area contributed by atoms with Crippen molar-refractivity contribution in [3.05, 3.63) is 269 Å². The van der Waals surface area contributed by atoms with Crippen LogP contribution in [0, 0.1) is 0 Å². The van der Waals surface area contributed by atoms with E-state index in [0.29, 0.717) is 0 Å². The third-order valence-corrected chi connectivity index (χ3v) is 14.2. The van der Waals surface area contributed by atoms with Gasteiger partial charge in [0.25, 0.3) is 0 Å². The number of anilines is 3. The Kier molecular flexibility index (Phi) is 6.97. The summed E-state index contributed by atoms with van der Waals surface area (Å²) in [6.07, 6.45) is 0.